The Hall–Kier alpha value is -2.69. The van der Waals surface area contributed by atoms with Crippen molar-refractivity contribution in [2.24, 2.45) is 0 Å². The number of nitrogens with one attached hydrogen (secondary N) is 1. The monoisotopic (exact) mass is 280 g/mol. The van der Waals surface area contributed by atoms with Crippen LogP contribution in [-0.2, 0) is 13.1 Å². The fraction of sp³-hybridized carbons (Fsp3) is 0.188. The summed E-state index contributed by atoms with van der Waals surface area (Å²) in [5.74, 6) is 0.744. The summed E-state index contributed by atoms with van der Waals surface area (Å²) in [5.41, 5.74) is 2.64. The molecule has 3 rings (SSSR count). The van der Waals surface area contributed by atoms with Gasteiger partial charge >= 0.3 is 0 Å². The van der Waals surface area contributed by atoms with E-state index in [0.717, 1.165) is 23.4 Å². The Morgan fingerprint density at radius 3 is 2.71 bits per heavy atom. The van der Waals surface area contributed by atoms with Gasteiger partial charge in [0.05, 0.1) is 17.6 Å². The van der Waals surface area contributed by atoms with Crippen LogP contribution in [0, 0.1) is 0 Å². The first-order valence-electron chi connectivity index (χ1n) is 6.92. The van der Waals surface area contributed by atoms with Crippen molar-refractivity contribution in [3.8, 4) is 0 Å². The van der Waals surface area contributed by atoms with E-state index < -0.39 is 0 Å². The van der Waals surface area contributed by atoms with Crippen LogP contribution < -0.4 is 5.32 Å². The minimum Gasteiger partial charge on any atom is -0.345 e. The van der Waals surface area contributed by atoms with Gasteiger partial charge in [-0.2, -0.15) is 0 Å². The molecule has 5 heteroatoms. The van der Waals surface area contributed by atoms with E-state index in [9.17, 15) is 4.79 Å². The number of benzene rings is 1. The molecule has 0 atom stereocenters. The largest absolute Gasteiger partial charge is 0.345 e. The molecular formula is C16H16N4O. The Labute approximate surface area is 122 Å². The Morgan fingerprint density at radius 2 is 1.95 bits per heavy atom. The third-order valence-corrected chi connectivity index (χ3v) is 3.40. The summed E-state index contributed by atoms with van der Waals surface area (Å²) in [7, 11) is 0. The number of amides is 1. The minimum atomic E-state index is -0.118. The summed E-state index contributed by atoms with van der Waals surface area (Å²) in [6.45, 7) is 3.30. The maximum Gasteiger partial charge on any atom is 0.251 e. The van der Waals surface area contributed by atoms with E-state index in [1.807, 2.05) is 24.3 Å². The Kier molecular flexibility index (Phi) is 3.64. The maximum absolute atomic E-state index is 12.1. The molecule has 0 spiro atoms. The van der Waals surface area contributed by atoms with Crippen LogP contribution in [0.25, 0.3) is 11.0 Å². The van der Waals surface area contributed by atoms with Crippen molar-refractivity contribution in [1.29, 1.82) is 0 Å². The molecule has 3 aromatic rings. The molecule has 1 aromatic carbocycles. The number of hydrogen-bond donors (Lipinski definition) is 1. The number of carbonyl (C=O) groups excluding carboxylic acids is 1. The second-order valence-electron chi connectivity index (χ2n) is 4.68. The highest BCUT2D eigenvalue weighted by Crippen LogP contribution is 2.15. The molecule has 0 fully saturated rings. The predicted octanol–water partition coefficient (Wildman–Crippen LogP) is 2.38. The van der Waals surface area contributed by atoms with E-state index in [1.165, 1.54) is 0 Å². The molecule has 21 heavy (non-hydrogen) atoms. The number of rotatable bonds is 4. The van der Waals surface area contributed by atoms with Gasteiger partial charge in [0.2, 0.25) is 0 Å². The molecule has 1 amide bonds. The van der Waals surface area contributed by atoms with Crippen LogP contribution in [0.5, 0.6) is 0 Å². The quantitative estimate of drug-likeness (QED) is 0.798. The number of pyridine rings is 1. The zero-order valence-corrected chi connectivity index (χ0v) is 11.8. The van der Waals surface area contributed by atoms with Gasteiger partial charge < -0.3 is 9.88 Å². The van der Waals surface area contributed by atoms with Crippen molar-refractivity contribution in [3.63, 3.8) is 0 Å². The molecule has 0 unspecified atom stereocenters. The molecule has 5 nitrogen and oxygen atoms in total. The van der Waals surface area contributed by atoms with Crippen molar-refractivity contribution in [2.75, 3.05) is 0 Å². The van der Waals surface area contributed by atoms with Gasteiger partial charge in [0.25, 0.3) is 5.91 Å². The van der Waals surface area contributed by atoms with E-state index in [-0.39, 0.29) is 5.91 Å². The summed E-state index contributed by atoms with van der Waals surface area (Å²) in [5, 5.41) is 2.90. The molecular weight excluding hydrogens is 264 g/mol. The number of aryl methyl sites for hydroxylation is 1. The number of aromatic nitrogens is 3. The fourth-order valence-electron chi connectivity index (χ4n) is 2.38. The van der Waals surface area contributed by atoms with Crippen molar-refractivity contribution in [1.82, 2.24) is 19.9 Å². The standard InChI is InChI=1S/C16H16N4O/c1-2-20-14-6-4-3-5-13(14)19-15(20)11-18-16(21)12-7-9-17-10-8-12/h3-10H,2,11H2,1H3,(H,18,21). The van der Waals surface area contributed by atoms with Crippen molar-refractivity contribution in [3.05, 3.63) is 60.2 Å². The number of fused-ring (bicyclic) bond motifs is 1. The van der Waals surface area contributed by atoms with Crippen molar-refractivity contribution in [2.45, 2.75) is 20.0 Å². The van der Waals surface area contributed by atoms with Crippen LogP contribution >= 0.6 is 0 Å². The first-order valence-corrected chi connectivity index (χ1v) is 6.92. The average molecular weight is 280 g/mol. The predicted molar refractivity (Wildman–Crippen MR) is 80.8 cm³/mol. The number of imidazole rings is 1. The lowest BCUT2D eigenvalue weighted by Gasteiger charge is -2.07. The highest BCUT2D eigenvalue weighted by atomic mass is 16.1. The highest BCUT2D eigenvalue weighted by molar-refractivity contribution is 5.93. The Balaban J connectivity index is 1.81. The molecule has 1 N–H and O–H groups in total. The minimum absolute atomic E-state index is 0.118. The second kappa shape index (κ2) is 5.75. The van der Waals surface area contributed by atoms with Crippen molar-refractivity contribution < 1.29 is 4.79 Å². The second-order valence-corrected chi connectivity index (χ2v) is 4.68. The molecule has 0 aliphatic heterocycles. The van der Waals surface area contributed by atoms with Crippen LogP contribution in [0.15, 0.2) is 48.8 Å². The first-order chi connectivity index (χ1) is 10.3. The Morgan fingerprint density at radius 1 is 1.19 bits per heavy atom. The van der Waals surface area contributed by atoms with E-state index in [0.29, 0.717) is 12.1 Å². The number of hydrogen-bond acceptors (Lipinski definition) is 3. The third kappa shape index (κ3) is 2.63. The van der Waals surface area contributed by atoms with Gasteiger partial charge in [0, 0.05) is 24.5 Å². The molecule has 0 radical (unpaired) electrons. The molecule has 2 aromatic heterocycles. The van der Waals surface area contributed by atoms with Crippen molar-refractivity contribution >= 4 is 16.9 Å². The molecule has 0 saturated carbocycles. The first kappa shape index (κ1) is 13.3. The fourth-order valence-corrected chi connectivity index (χ4v) is 2.38. The van der Waals surface area contributed by atoms with Crippen LogP contribution in [0.2, 0.25) is 0 Å². The van der Waals surface area contributed by atoms with Gasteiger partial charge in [-0.15, -0.1) is 0 Å². The van der Waals surface area contributed by atoms with Gasteiger partial charge in [0.15, 0.2) is 0 Å². The number of carbonyl (C=O) groups is 1. The lowest BCUT2D eigenvalue weighted by Crippen LogP contribution is -2.24. The SMILES string of the molecule is CCn1c(CNC(=O)c2ccncc2)nc2ccccc21. The molecule has 0 bridgehead atoms. The lowest BCUT2D eigenvalue weighted by molar-refractivity contribution is 0.0949. The van der Waals surface area contributed by atoms with E-state index in [4.69, 9.17) is 0 Å². The summed E-state index contributed by atoms with van der Waals surface area (Å²) in [6, 6.07) is 11.4. The molecule has 0 aliphatic rings. The highest BCUT2D eigenvalue weighted by Gasteiger charge is 2.11. The van der Waals surface area contributed by atoms with Gasteiger partial charge in [0.1, 0.15) is 5.82 Å². The number of para-hydroxylation sites is 2. The topological polar surface area (TPSA) is 59.8 Å². The normalized spacial score (nSPS) is 10.7. The summed E-state index contributed by atoms with van der Waals surface area (Å²) >= 11 is 0. The Bertz CT molecular complexity index is 764. The van der Waals surface area contributed by atoms with Crippen LogP contribution in [0.4, 0.5) is 0 Å². The molecule has 2 heterocycles. The summed E-state index contributed by atoms with van der Waals surface area (Å²) in [4.78, 5) is 20.5. The number of nitrogens with zero attached hydrogens (tertiary/aromatic N) is 3. The molecule has 0 aliphatic carbocycles. The van der Waals surface area contributed by atoms with Crippen LogP contribution in [-0.4, -0.2) is 20.4 Å². The van der Waals surface area contributed by atoms with Crippen LogP contribution in [0.1, 0.15) is 23.1 Å². The lowest BCUT2D eigenvalue weighted by atomic mass is 10.2. The summed E-state index contributed by atoms with van der Waals surface area (Å²) in [6.07, 6.45) is 3.21. The summed E-state index contributed by atoms with van der Waals surface area (Å²) < 4.78 is 2.11. The van der Waals surface area contributed by atoms with E-state index in [2.05, 4.69) is 26.8 Å². The molecule has 0 saturated heterocycles. The van der Waals surface area contributed by atoms with Gasteiger partial charge in [-0.05, 0) is 31.2 Å². The maximum atomic E-state index is 12.1. The van der Waals surface area contributed by atoms with E-state index >= 15 is 0 Å². The average Bonchev–Trinajstić information content (AvgIpc) is 2.91. The van der Waals surface area contributed by atoms with Gasteiger partial charge in [-0.3, -0.25) is 9.78 Å². The van der Waals surface area contributed by atoms with Gasteiger partial charge in [-0.1, -0.05) is 12.1 Å². The van der Waals surface area contributed by atoms with Gasteiger partial charge in [-0.25, -0.2) is 4.98 Å². The molecule has 106 valence electrons. The smallest absolute Gasteiger partial charge is 0.251 e. The van der Waals surface area contributed by atoms with Crippen LogP contribution in [0.3, 0.4) is 0 Å². The zero-order chi connectivity index (χ0) is 14.7. The van der Waals surface area contributed by atoms with E-state index in [1.54, 1.807) is 24.5 Å². The third-order valence-electron chi connectivity index (χ3n) is 3.40. The zero-order valence-electron chi connectivity index (χ0n) is 11.8.